The van der Waals surface area contributed by atoms with E-state index in [4.69, 9.17) is 0 Å². The highest BCUT2D eigenvalue weighted by Crippen LogP contribution is 2.44. The molecule has 0 amide bonds. The molecule has 2 bridgehead atoms. The van der Waals surface area contributed by atoms with Gasteiger partial charge < -0.3 is 9.88 Å². The molecular formula is C23H26Cl2FN3. The number of hydrogen-bond donors (Lipinski definition) is 1. The van der Waals surface area contributed by atoms with Crippen LogP contribution in [0.4, 0.5) is 4.39 Å². The molecule has 6 heteroatoms. The van der Waals surface area contributed by atoms with E-state index in [0.29, 0.717) is 18.0 Å². The van der Waals surface area contributed by atoms with Crippen LogP contribution in [0.3, 0.4) is 0 Å². The smallest absolute Gasteiger partial charge is 0.123 e. The Kier molecular flexibility index (Phi) is 6.67. The lowest BCUT2D eigenvalue weighted by atomic mass is 9.88. The highest BCUT2D eigenvalue weighted by Gasteiger charge is 2.39. The zero-order valence-corrected chi connectivity index (χ0v) is 18.0. The number of piperidine rings is 1. The number of pyridine rings is 1. The molecule has 0 saturated carbocycles. The number of H-pyrrole nitrogens is 1. The average Bonchev–Trinajstić information content (AvgIpc) is 3.20. The summed E-state index contributed by atoms with van der Waals surface area (Å²) < 4.78 is 13.4. The molecule has 1 aromatic carbocycles. The maximum absolute atomic E-state index is 13.4. The van der Waals surface area contributed by atoms with E-state index < -0.39 is 0 Å². The second-order valence-electron chi connectivity index (χ2n) is 7.97. The number of aromatic nitrogens is 2. The van der Waals surface area contributed by atoms with Gasteiger partial charge in [-0.05, 0) is 86.3 Å². The van der Waals surface area contributed by atoms with Gasteiger partial charge in [0.25, 0.3) is 0 Å². The fourth-order valence-corrected chi connectivity index (χ4v) is 4.96. The van der Waals surface area contributed by atoms with Crippen molar-refractivity contribution in [2.75, 3.05) is 7.05 Å². The van der Waals surface area contributed by atoms with Crippen molar-refractivity contribution in [3.05, 3.63) is 66.4 Å². The summed E-state index contributed by atoms with van der Waals surface area (Å²) >= 11 is 0. The Labute approximate surface area is 183 Å². The molecule has 5 rings (SSSR count). The van der Waals surface area contributed by atoms with Crippen LogP contribution in [0, 0.1) is 5.82 Å². The number of benzene rings is 1. The molecule has 29 heavy (non-hydrogen) atoms. The fourth-order valence-electron chi connectivity index (χ4n) is 4.96. The third-order valence-electron chi connectivity index (χ3n) is 6.50. The van der Waals surface area contributed by atoms with Gasteiger partial charge in [0.15, 0.2) is 0 Å². The molecule has 1 N–H and O–H groups in total. The number of nitrogens with one attached hydrogen (secondary N) is 1. The molecule has 3 nitrogen and oxygen atoms in total. The number of rotatable bonds is 3. The van der Waals surface area contributed by atoms with Crippen molar-refractivity contribution in [1.29, 1.82) is 0 Å². The van der Waals surface area contributed by atoms with Crippen molar-refractivity contribution in [1.82, 2.24) is 14.9 Å². The molecule has 0 radical (unpaired) electrons. The summed E-state index contributed by atoms with van der Waals surface area (Å²) in [5.74, 6) is 0.358. The van der Waals surface area contributed by atoms with Gasteiger partial charge in [-0.2, -0.15) is 0 Å². The Morgan fingerprint density at radius 3 is 2.17 bits per heavy atom. The molecular weight excluding hydrogens is 408 g/mol. The van der Waals surface area contributed by atoms with Crippen molar-refractivity contribution in [2.24, 2.45) is 0 Å². The first-order chi connectivity index (χ1) is 13.2. The summed E-state index contributed by atoms with van der Waals surface area (Å²) in [6.45, 7) is 0. The van der Waals surface area contributed by atoms with E-state index in [9.17, 15) is 4.39 Å². The van der Waals surface area contributed by atoms with E-state index in [2.05, 4.69) is 28.0 Å². The molecule has 2 saturated heterocycles. The molecule has 2 fully saturated rings. The van der Waals surface area contributed by atoms with Gasteiger partial charge in [0.05, 0.1) is 5.69 Å². The van der Waals surface area contributed by atoms with E-state index in [0.717, 1.165) is 16.8 Å². The molecule has 0 aliphatic carbocycles. The van der Waals surface area contributed by atoms with Gasteiger partial charge in [-0.15, -0.1) is 24.8 Å². The molecule has 2 aliphatic rings. The van der Waals surface area contributed by atoms with Crippen LogP contribution in [0.1, 0.15) is 37.3 Å². The van der Waals surface area contributed by atoms with Gasteiger partial charge in [-0.3, -0.25) is 4.98 Å². The van der Waals surface area contributed by atoms with Gasteiger partial charge in [0.1, 0.15) is 5.82 Å². The lowest BCUT2D eigenvalue weighted by molar-refractivity contribution is 0.160. The van der Waals surface area contributed by atoms with E-state index >= 15 is 0 Å². The summed E-state index contributed by atoms with van der Waals surface area (Å²) in [7, 11) is 2.28. The van der Waals surface area contributed by atoms with Crippen molar-refractivity contribution in [3.63, 3.8) is 0 Å². The van der Waals surface area contributed by atoms with E-state index in [1.165, 1.54) is 49.1 Å². The Balaban J connectivity index is 0.00000120. The van der Waals surface area contributed by atoms with E-state index in [-0.39, 0.29) is 30.6 Å². The summed E-state index contributed by atoms with van der Waals surface area (Å²) in [5.41, 5.74) is 5.71. The van der Waals surface area contributed by atoms with Gasteiger partial charge >= 0.3 is 0 Å². The molecule has 2 unspecified atom stereocenters. The lowest BCUT2D eigenvalue weighted by Gasteiger charge is -2.36. The number of aromatic amines is 1. The van der Waals surface area contributed by atoms with Gasteiger partial charge in [0.2, 0.25) is 0 Å². The van der Waals surface area contributed by atoms with Crippen LogP contribution in [0.25, 0.3) is 22.4 Å². The third kappa shape index (κ3) is 4.07. The summed E-state index contributed by atoms with van der Waals surface area (Å²) in [6, 6.07) is 14.6. The van der Waals surface area contributed by atoms with Crippen LogP contribution in [-0.4, -0.2) is 34.0 Å². The maximum Gasteiger partial charge on any atom is 0.123 e. The quantitative estimate of drug-likeness (QED) is 0.543. The Morgan fingerprint density at radius 1 is 0.931 bits per heavy atom. The predicted octanol–water partition coefficient (Wildman–Crippen LogP) is 6.07. The SMILES string of the molecule is CN1C2CCC1CC(c1cc(-c3ccncc3)c(-c3ccc(F)cc3)[nH]1)C2.Cl.Cl. The number of hydrogen-bond acceptors (Lipinski definition) is 2. The van der Waals surface area contributed by atoms with Crippen molar-refractivity contribution in [2.45, 2.75) is 43.7 Å². The standard InChI is InChI=1S/C23H24FN3.2ClH/c1-27-19-6-7-20(27)13-17(12-19)22-14-21(15-8-10-25-11-9-15)23(26-22)16-2-4-18(24)5-3-16;;/h2-5,8-11,14,17,19-20,26H,6-7,12-13H2,1H3;2*1H. The van der Waals surface area contributed by atoms with Crippen molar-refractivity contribution >= 4 is 24.8 Å². The highest BCUT2D eigenvalue weighted by molar-refractivity contribution is 5.85. The second-order valence-corrected chi connectivity index (χ2v) is 7.97. The minimum Gasteiger partial charge on any atom is -0.358 e. The van der Waals surface area contributed by atoms with Crippen molar-refractivity contribution in [3.8, 4) is 22.4 Å². The van der Waals surface area contributed by atoms with Gasteiger partial charge in [0, 0.05) is 41.7 Å². The van der Waals surface area contributed by atoms with Gasteiger partial charge in [-0.1, -0.05) is 0 Å². The molecule has 0 spiro atoms. The normalized spacial score (nSPS) is 23.3. The fraction of sp³-hybridized carbons (Fsp3) is 0.348. The molecule has 3 aromatic rings. The summed E-state index contributed by atoms with van der Waals surface area (Å²) in [4.78, 5) is 10.4. The van der Waals surface area contributed by atoms with Crippen molar-refractivity contribution < 1.29 is 4.39 Å². The monoisotopic (exact) mass is 433 g/mol. The first kappa shape index (κ1) is 21.8. The summed E-state index contributed by atoms with van der Waals surface area (Å²) in [5, 5.41) is 0. The predicted molar refractivity (Wildman–Crippen MR) is 120 cm³/mol. The van der Waals surface area contributed by atoms with E-state index in [1.54, 1.807) is 0 Å². The largest absolute Gasteiger partial charge is 0.358 e. The maximum atomic E-state index is 13.4. The Morgan fingerprint density at radius 2 is 1.55 bits per heavy atom. The van der Waals surface area contributed by atoms with Crippen LogP contribution in [0.5, 0.6) is 0 Å². The highest BCUT2D eigenvalue weighted by atomic mass is 35.5. The van der Waals surface area contributed by atoms with Crippen LogP contribution in [-0.2, 0) is 0 Å². The molecule has 4 heterocycles. The van der Waals surface area contributed by atoms with Crippen LogP contribution in [0.2, 0.25) is 0 Å². The second kappa shape index (κ2) is 8.86. The molecule has 2 atom stereocenters. The zero-order valence-electron chi connectivity index (χ0n) is 16.3. The van der Waals surface area contributed by atoms with Crippen LogP contribution in [0.15, 0.2) is 54.9 Å². The number of halogens is 3. The topological polar surface area (TPSA) is 31.9 Å². The van der Waals surface area contributed by atoms with E-state index in [1.807, 2.05) is 36.7 Å². The molecule has 2 aromatic heterocycles. The lowest BCUT2D eigenvalue weighted by Crippen LogP contribution is -2.39. The number of nitrogens with zero attached hydrogens (tertiary/aromatic N) is 2. The molecule has 154 valence electrons. The zero-order chi connectivity index (χ0) is 18.4. The third-order valence-corrected chi connectivity index (χ3v) is 6.50. The number of fused-ring (bicyclic) bond motifs is 2. The van der Waals surface area contributed by atoms with Crippen LogP contribution < -0.4 is 0 Å². The van der Waals surface area contributed by atoms with Gasteiger partial charge in [-0.25, -0.2) is 4.39 Å². The Hall–Kier alpha value is -1.88. The first-order valence-electron chi connectivity index (χ1n) is 9.80. The first-order valence-corrected chi connectivity index (χ1v) is 9.80. The minimum atomic E-state index is -0.206. The average molecular weight is 434 g/mol. The summed E-state index contributed by atoms with van der Waals surface area (Å²) in [6.07, 6.45) is 8.72. The minimum absolute atomic E-state index is 0. The molecule has 2 aliphatic heterocycles. The van der Waals surface area contributed by atoms with Crippen LogP contribution >= 0.6 is 24.8 Å². The Bertz CT molecular complexity index is 929.